The summed E-state index contributed by atoms with van der Waals surface area (Å²) >= 11 is 0. The minimum Gasteiger partial charge on any atom is -0.491 e. The van der Waals surface area contributed by atoms with Crippen molar-refractivity contribution < 1.29 is 22.6 Å². The van der Waals surface area contributed by atoms with Crippen LogP contribution in [0.3, 0.4) is 0 Å². The van der Waals surface area contributed by atoms with Gasteiger partial charge < -0.3 is 9.47 Å². The molecule has 0 bridgehead atoms. The fourth-order valence-corrected chi connectivity index (χ4v) is 5.42. The van der Waals surface area contributed by atoms with Crippen LogP contribution in [-0.2, 0) is 0 Å². The first kappa shape index (κ1) is 29.0. The highest BCUT2D eigenvalue weighted by Gasteiger charge is 2.25. The van der Waals surface area contributed by atoms with Gasteiger partial charge in [0.25, 0.3) is 0 Å². The summed E-state index contributed by atoms with van der Waals surface area (Å²) in [5.74, 6) is -1.31. The molecule has 1 saturated carbocycles. The van der Waals surface area contributed by atoms with Gasteiger partial charge in [0.05, 0.1) is 13.2 Å². The average molecular weight is 539 g/mol. The number of rotatable bonds is 13. The normalized spacial score (nSPS) is 17.3. The van der Waals surface area contributed by atoms with Gasteiger partial charge in [-0.25, -0.2) is 8.78 Å². The van der Waals surface area contributed by atoms with Crippen LogP contribution < -0.4 is 9.47 Å². The topological polar surface area (TPSA) is 18.5 Å². The Morgan fingerprint density at radius 2 is 1.41 bits per heavy atom. The van der Waals surface area contributed by atoms with E-state index in [1.54, 1.807) is 30.3 Å². The molecule has 0 saturated heterocycles. The molecule has 1 aliphatic carbocycles. The standard InChI is InChI=1S/C34H41F3O2/c1-3-4-5-6-7-8-21-38-31-19-17-28(22-30(31)35)26-15-11-25(12-16-26)23-39-32-20-18-29(33(36)34(32)37)27-13-9-24(2)10-14-27/h9-10,13-14,17-20,22,25-26H,3-8,11-12,15-16,21,23H2,1-2H3. The van der Waals surface area contributed by atoms with Crippen LogP contribution in [0.4, 0.5) is 13.2 Å². The Labute approximate surface area is 231 Å². The minimum absolute atomic E-state index is 0.0518. The summed E-state index contributed by atoms with van der Waals surface area (Å²) in [6.45, 7) is 5.04. The molecule has 5 heteroatoms. The van der Waals surface area contributed by atoms with Crippen LogP contribution in [0.15, 0.2) is 54.6 Å². The van der Waals surface area contributed by atoms with E-state index in [9.17, 15) is 13.2 Å². The van der Waals surface area contributed by atoms with E-state index in [1.807, 2.05) is 25.1 Å². The highest BCUT2D eigenvalue weighted by molar-refractivity contribution is 5.65. The molecule has 210 valence electrons. The number of halogens is 3. The summed E-state index contributed by atoms with van der Waals surface area (Å²) in [4.78, 5) is 0. The predicted octanol–water partition coefficient (Wildman–Crippen LogP) is 10.2. The van der Waals surface area contributed by atoms with E-state index in [-0.39, 0.29) is 29.0 Å². The Balaban J connectivity index is 1.23. The average Bonchev–Trinajstić information content (AvgIpc) is 2.95. The summed E-state index contributed by atoms with van der Waals surface area (Å²) in [5, 5.41) is 0. The largest absolute Gasteiger partial charge is 0.491 e. The Morgan fingerprint density at radius 3 is 2.13 bits per heavy atom. The molecule has 3 aromatic rings. The number of unbranched alkanes of at least 4 members (excludes halogenated alkanes) is 5. The Kier molecular flexibility index (Phi) is 10.8. The molecule has 1 fully saturated rings. The summed E-state index contributed by atoms with van der Waals surface area (Å²) in [6, 6.07) is 15.8. The highest BCUT2D eigenvalue weighted by Crippen LogP contribution is 2.38. The first-order valence-corrected chi connectivity index (χ1v) is 14.6. The third-order valence-corrected chi connectivity index (χ3v) is 7.91. The van der Waals surface area contributed by atoms with Gasteiger partial charge in [0.15, 0.2) is 23.1 Å². The Hall–Kier alpha value is -2.95. The van der Waals surface area contributed by atoms with Crippen LogP contribution >= 0.6 is 0 Å². The van der Waals surface area contributed by atoms with E-state index in [4.69, 9.17) is 9.47 Å². The highest BCUT2D eigenvalue weighted by atomic mass is 19.2. The zero-order valence-electron chi connectivity index (χ0n) is 23.3. The van der Waals surface area contributed by atoms with Crippen LogP contribution in [-0.4, -0.2) is 13.2 Å². The lowest BCUT2D eigenvalue weighted by atomic mass is 9.79. The molecule has 1 aliphatic rings. The van der Waals surface area contributed by atoms with Gasteiger partial charge in [-0.3, -0.25) is 0 Å². The third kappa shape index (κ3) is 8.03. The molecule has 0 aliphatic heterocycles. The molecule has 0 spiro atoms. The fourth-order valence-electron chi connectivity index (χ4n) is 5.42. The molecular weight excluding hydrogens is 497 g/mol. The van der Waals surface area contributed by atoms with Gasteiger partial charge in [0.1, 0.15) is 0 Å². The molecule has 0 amide bonds. The van der Waals surface area contributed by atoms with Crippen LogP contribution in [0.1, 0.15) is 88.2 Å². The Bertz CT molecular complexity index is 1180. The van der Waals surface area contributed by atoms with Crippen molar-refractivity contribution in [3.8, 4) is 22.6 Å². The van der Waals surface area contributed by atoms with E-state index in [0.29, 0.717) is 24.5 Å². The van der Waals surface area contributed by atoms with E-state index in [2.05, 4.69) is 6.92 Å². The first-order chi connectivity index (χ1) is 19.0. The summed E-state index contributed by atoms with van der Waals surface area (Å²) in [7, 11) is 0. The smallest absolute Gasteiger partial charge is 0.201 e. The van der Waals surface area contributed by atoms with Crippen LogP contribution in [0.2, 0.25) is 0 Å². The molecule has 0 aromatic heterocycles. The van der Waals surface area contributed by atoms with Crippen molar-refractivity contribution in [1.82, 2.24) is 0 Å². The van der Waals surface area contributed by atoms with Crippen LogP contribution in [0, 0.1) is 30.3 Å². The van der Waals surface area contributed by atoms with Crippen molar-refractivity contribution >= 4 is 0 Å². The second-order valence-corrected chi connectivity index (χ2v) is 10.9. The zero-order valence-corrected chi connectivity index (χ0v) is 23.3. The van der Waals surface area contributed by atoms with Gasteiger partial charge in [-0.1, -0.05) is 74.9 Å². The second-order valence-electron chi connectivity index (χ2n) is 10.9. The van der Waals surface area contributed by atoms with Gasteiger partial charge in [-0.2, -0.15) is 4.39 Å². The van der Waals surface area contributed by atoms with Crippen molar-refractivity contribution in [3.05, 3.63) is 83.2 Å². The van der Waals surface area contributed by atoms with E-state index < -0.39 is 11.6 Å². The summed E-state index contributed by atoms with van der Waals surface area (Å²) < 4.78 is 55.6. The van der Waals surface area contributed by atoms with Crippen molar-refractivity contribution in [3.63, 3.8) is 0 Å². The van der Waals surface area contributed by atoms with Gasteiger partial charge in [0, 0.05) is 5.56 Å². The minimum atomic E-state index is -0.948. The first-order valence-electron chi connectivity index (χ1n) is 14.6. The van der Waals surface area contributed by atoms with E-state index in [0.717, 1.165) is 49.7 Å². The van der Waals surface area contributed by atoms with Crippen LogP contribution in [0.5, 0.6) is 11.5 Å². The maximum Gasteiger partial charge on any atom is 0.201 e. The monoisotopic (exact) mass is 538 g/mol. The van der Waals surface area contributed by atoms with Gasteiger partial charge >= 0.3 is 0 Å². The molecule has 0 N–H and O–H groups in total. The van der Waals surface area contributed by atoms with Crippen molar-refractivity contribution in [2.75, 3.05) is 13.2 Å². The van der Waals surface area contributed by atoms with E-state index >= 15 is 0 Å². The number of benzene rings is 3. The molecule has 2 nitrogen and oxygen atoms in total. The SMILES string of the molecule is CCCCCCCCOc1ccc(C2CCC(COc3ccc(-c4ccc(C)cc4)c(F)c3F)CC2)cc1F. The predicted molar refractivity (Wildman–Crippen MR) is 152 cm³/mol. The number of ether oxygens (including phenoxy) is 2. The number of hydrogen-bond acceptors (Lipinski definition) is 2. The maximum absolute atomic E-state index is 14.8. The molecular formula is C34H41F3O2. The van der Waals surface area contributed by atoms with Gasteiger partial charge in [-0.05, 0) is 86.3 Å². The quantitative estimate of drug-likeness (QED) is 0.202. The van der Waals surface area contributed by atoms with Gasteiger partial charge in [0.2, 0.25) is 5.82 Å². The summed E-state index contributed by atoms with van der Waals surface area (Å²) in [6.07, 6.45) is 10.6. The zero-order chi connectivity index (χ0) is 27.6. The lowest BCUT2D eigenvalue weighted by Crippen LogP contribution is -2.19. The molecule has 0 unspecified atom stereocenters. The molecule has 3 aromatic carbocycles. The van der Waals surface area contributed by atoms with Gasteiger partial charge in [-0.15, -0.1) is 0 Å². The molecule has 0 heterocycles. The maximum atomic E-state index is 14.8. The van der Waals surface area contributed by atoms with Crippen molar-refractivity contribution in [2.24, 2.45) is 5.92 Å². The Morgan fingerprint density at radius 1 is 0.718 bits per heavy atom. The van der Waals surface area contributed by atoms with E-state index in [1.165, 1.54) is 31.7 Å². The van der Waals surface area contributed by atoms with Crippen molar-refractivity contribution in [2.45, 2.75) is 84.0 Å². The van der Waals surface area contributed by atoms with Crippen molar-refractivity contribution in [1.29, 1.82) is 0 Å². The second kappa shape index (κ2) is 14.4. The molecule has 0 radical (unpaired) electrons. The number of hydrogen-bond donors (Lipinski definition) is 0. The lowest BCUT2D eigenvalue weighted by Gasteiger charge is -2.29. The fraction of sp³-hybridized carbons (Fsp3) is 0.471. The summed E-state index contributed by atoms with van der Waals surface area (Å²) in [5.41, 5.74) is 2.92. The number of aryl methyl sites for hydroxylation is 1. The molecule has 0 atom stereocenters. The molecule has 4 rings (SSSR count). The third-order valence-electron chi connectivity index (χ3n) is 7.91. The van der Waals surface area contributed by atoms with Crippen LogP contribution in [0.25, 0.3) is 11.1 Å². The lowest BCUT2D eigenvalue weighted by molar-refractivity contribution is 0.192. The molecule has 39 heavy (non-hydrogen) atoms.